The molecule has 20 heavy (non-hydrogen) atoms. The molecule has 0 unspecified atom stereocenters. The second-order valence-electron chi connectivity index (χ2n) is 3.45. The van der Waals surface area contributed by atoms with Gasteiger partial charge >= 0.3 is 12.5 Å². The Balaban J connectivity index is 3.44. The average molecular weight is 363 g/mol. The Morgan fingerprint density at radius 3 is 2.25 bits per heavy atom. The first kappa shape index (κ1) is 16.6. The van der Waals surface area contributed by atoms with Gasteiger partial charge in [-0.25, -0.2) is 4.98 Å². The summed E-state index contributed by atoms with van der Waals surface area (Å²) in [4.78, 5) is 3.33. The topological polar surface area (TPSA) is 45.9 Å². The van der Waals surface area contributed by atoms with E-state index in [0.29, 0.717) is 0 Å². The van der Waals surface area contributed by atoms with Gasteiger partial charge in [0.2, 0.25) is 5.88 Å². The Morgan fingerprint density at radius 2 is 1.85 bits per heavy atom. The van der Waals surface area contributed by atoms with Crippen LogP contribution in [0.5, 0.6) is 5.88 Å². The van der Waals surface area contributed by atoms with Crippen molar-refractivity contribution in [3.05, 3.63) is 22.9 Å². The Labute approximate surface area is 117 Å². The monoisotopic (exact) mass is 362 g/mol. The highest BCUT2D eigenvalue weighted by Gasteiger charge is 2.38. The summed E-state index contributed by atoms with van der Waals surface area (Å²) in [5.74, 6) is -1.22. The molecule has 110 valence electrons. The van der Waals surface area contributed by atoms with Gasteiger partial charge in [0.15, 0.2) is 0 Å². The third-order valence-electron chi connectivity index (χ3n) is 2.09. The van der Waals surface area contributed by atoms with Gasteiger partial charge in [-0.1, -0.05) is 15.9 Å². The molecule has 10 heteroatoms. The second-order valence-corrected chi connectivity index (χ2v) is 4.01. The first-order valence-electron chi connectivity index (χ1n) is 4.87. The fourth-order valence-corrected chi connectivity index (χ4v) is 1.87. The first-order chi connectivity index (χ1) is 9.08. The van der Waals surface area contributed by atoms with Gasteiger partial charge in [-0.2, -0.15) is 18.4 Å². The molecule has 0 aliphatic heterocycles. The highest BCUT2D eigenvalue weighted by Crippen LogP contribution is 2.36. The Bertz CT molecular complexity index is 534. The van der Waals surface area contributed by atoms with Crippen molar-refractivity contribution < 1.29 is 31.1 Å². The third-order valence-corrected chi connectivity index (χ3v) is 2.63. The first-order valence-corrected chi connectivity index (χ1v) is 5.99. The molecule has 0 aliphatic rings. The van der Waals surface area contributed by atoms with E-state index < -0.39 is 36.0 Å². The largest absolute Gasteiger partial charge is 0.574 e. The Morgan fingerprint density at radius 1 is 1.25 bits per heavy atom. The molecule has 0 fully saturated rings. The zero-order valence-corrected chi connectivity index (χ0v) is 11.0. The number of pyridine rings is 1. The molecule has 0 atom stereocenters. The van der Waals surface area contributed by atoms with Gasteiger partial charge in [0.1, 0.15) is 0 Å². The fraction of sp³-hybridized carbons (Fsp3) is 0.400. The van der Waals surface area contributed by atoms with Crippen molar-refractivity contribution in [2.75, 3.05) is 0 Å². The van der Waals surface area contributed by atoms with E-state index in [1.54, 1.807) is 0 Å². The van der Waals surface area contributed by atoms with Crippen molar-refractivity contribution >= 4 is 15.9 Å². The van der Waals surface area contributed by atoms with Crippen LogP contribution in [0, 0.1) is 11.3 Å². The summed E-state index contributed by atoms with van der Waals surface area (Å²) in [7, 11) is 0. The van der Waals surface area contributed by atoms with Gasteiger partial charge in [-0.15, -0.1) is 13.2 Å². The number of nitriles is 1. The number of halogens is 7. The van der Waals surface area contributed by atoms with E-state index in [-0.39, 0.29) is 17.1 Å². The number of hydrogen-bond acceptors (Lipinski definition) is 3. The Hall–Kier alpha value is -1.50. The molecule has 0 saturated carbocycles. The van der Waals surface area contributed by atoms with E-state index >= 15 is 0 Å². The molecule has 0 aliphatic carbocycles. The van der Waals surface area contributed by atoms with Gasteiger partial charge in [0, 0.05) is 17.0 Å². The van der Waals surface area contributed by atoms with E-state index in [1.165, 1.54) is 6.07 Å². The minimum atomic E-state index is -5.16. The molecule has 0 spiro atoms. The predicted octanol–water partition coefficient (Wildman–Crippen LogP) is 3.96. The molecule has 1 heterocycles. The number of alkyl halides is 7. The van der Waals surface area contributed by atoms with Crippen LogP contribution < -0.4 is 4.74 Å². The van der Waals surface area contributed by atoms with Crippen molar-refractivity contribution in [1.29, 1.82) is 5.26 Å². The second kappa shape index (κ2) is 5.87. The number of rotatable bonds is 3. The van der Waals surface area contributed by atoms with Crippen LogP contribution in [-0.4, -0.2) is 11.3 Å². The number of hydrogen-bond donors (Lipinski definition) is 0. The lowest BCUT2D eigenvalue weighted by Crippen LogP contribution is -2.20. The maximum atomic E-state index is 12.8. The number of ether oxygens (including phenoxy) is 1. The lowest BCUT2D eigenvalue weighted by Gasteiger charge is -2.16. The molecule has 1 aromatic heterocycles. The molecule has 0 N–H and O–H groups in total. The molecule has 0 amide bonds. The van der Waals surface area contributed by atoms with Gasteiger partial charge < -0.3 is 4.74 Å². The zero-order chi connectivity index (χ0) is 15.6. The molecule has 1 aromatic rings. The molecule has 0 bridgehead atoms. The number of nitrogens with zero attached hydrogens (tertiary/aromatic N) is 2. The standard InChI is InChI=1S/C10H5BrF6N2O/c11-4-7-5(1-2-18)6(9(12,13)14)3-8(19-7)20-10(15,16)17/h3H,1,4H2. The van der Waals surface area contributed by atoms with Crippen LogP contribution in [0.2, 0.25) is 0 Å². The SMILES string of the molecule is N#CCc1c(C(F)(F)F)cc(OC(F)(F)F)nc1CBr. The lowest BCUT2D eigenvalue weighted by atomic mass is 10.0. The summed E-state index contributed by atoms with van der Waals surface area (Å²) in [6, 6.07) is 1.65. The molecule has 0 radical (unpaired) electrons. The van der Waals surface area contributed by atoms with Crippen LogP contribution in [0.25, 0.3) is 0 Å². The van der Waals surface area contributed by atoms with Crippen molar-refractivity contribution in [3.63, 3.8) is 0 Å². The smallest absolute Gasteiger partial charge is 0.388 e. The molecular formula is C10H5BrF6N2O. The summed E-state index contributed by atoms with van der Waals surface area (Å²) < 4.78 is 78.0. The summed E-state index contributed by atoms with van der Waals surface area (Å²) in [6.07, 6.45) is -10.7. The van der Waals surface area contributed by atoms with Crippen LogP contribution >= 0.6 is 15.9 Å². The highest BCUT2D eigenvalue weighted by molar-refractivity contribution is 9.08. The molecule has 0 aromatic carbocycles. The molecule has 3 nitrogen and oxygen atoms in total. The van der Waals surface area contributed by atoms with E-state index in [0.717, 1.165) is 0 Å². The van der Waals surface area contributed by atoms with E-state index in [2.05, 4.69) is 25.7 Å². The minimum absolute atomic E-state index is 0.131. The van der Waals surface area contributed by atoms with Crippen molar-refractivity contribution in [2.24, 2.45) is 0 Å². The zero-order valence-electron chi connectivity index (χ0n) is 9.44. The molecular weight excluding hydrogens is 358 g/mol. The Kier molecular flexibility index (Phi) is 4.86. The number of aromatic nitrogens is 1. The van der Waals surface area contributed by atoms with Gasteiger partial charge in [-0.05, 0) is 0 Å². The van der Waals surface area contributed by atoms with Crippen LogP contribution in [0.15, 0.2) is 6.07 Å². The summed E-state index contributed by atoms with van der Waals surface area (Å²) >= 11 is 2.82. The van der Waals surface area contributed by atoms with Crippen LogP contribution in [-0.2, 0) is 17.9 Å². The summed E-state index contributed by atoms with van der Waals surface area (Å²) in [6.45, 7) is 0. The molecule has 0 saturated heterocycles. The third kappa shape index (κ3) is 4.26. The van der Waals surface area contributed by atoms with Gasteiger partial charge in [-0.3, -0.25) is 0 Å². The lowest BCUT2D eigenvalue weighted by molar-refractivity contribution is -0.276. The summed E-state index contributed by atoms with van der Waals surface area (Å²) in [5, 5.41) is 8.27. The van der Waals surface area contributed by atoms with Crippen molar-refractivity contribution in [1.82, 2.24) is 4.98 Å². The molecule has 1 rings (SSSR count). The van der Waals surface area contributed by atoms with E-state index in [4.69, 9.17) is 5.26 Å². The normalized spacial score (nSPS) is 12.1. The van der Waals surface area contributed by atoms with E-state index in [1.807, 2.05) is 0 Å². The maximum absolute atomic E-state index is 12.8. The van der Waals surface area contributed by atoms with Crippen molar-refractivity contribution in [3.8, 4) is 11.9 Å². The quantitative estimate of drug-likeness (QED) is 0.603. The fourth-order valence-electron chi connectivity index (χ4n) is 1.41. The van der Waals surface area contributed by atoms with Crippen LogP contribution in [0.4, 0.5) is 26.3 Å². The average Bonchev–Trinajstić information content (AvgIpc) is 2.27. The maximum Gasteiger partial charge on any atom is 0.574 e. The highest BCUT2D eigenvalue weighted by atomic mass is 79.9. The van der Waals surface area contributed by atoms with E-state index in [9.17, 15) is 26.3 Å². The van der Waals surface area contributed by atoms with Gasteiger partial charge in [0.25, 0.3) is 0 Å². The van der Waals surface area contributed by atoms with Gasteiger partial charge in [0.05, 0.1) is 23.7 Å². The summed E-state index contributed by atoms with van der Waals surface area (Å²) in [5.41, 5.74) is -2.19. The van der Waals surface area contributed by atoms with Crippen molar-refractivity contribution in [2.45, 2.75) is 24.3 Å². The predicted molar refractivity (Wildman–Crippen MR) is 57.9 cm³/mol. The van der Waals surface area contributed by atoms with Crippen LogP contribution in [0.3, 0.4) is 0 Å². The van der Waals surface area contributed by atoms with Crippen LogP contribution in [0.1, 0.15) is 16.8 Å². The minimum Gasteiger partial charge on any atom is -0.388 e.